The molecule has 0 unspecified atom stereocenters. The number of nitro benzene ring substituents is 1. The normalized spacial score (nSPS) is 11.6. The lowest BCUT2D eigenvalue weighted by Crippen LogP contribution is -2.25. The maximum Gasteiger partial charge on any atom is 0.316 e. The molecule has 2 aromatic carbocycles. The summed E-state index contributed by atoms with van der Waals surface area (Å²) in [6.45, 7) is 1.42. The van der Waals surface area contributed by atoms with Crippen LogP contribution in [0.5, 0.6) is 0 Å². The van der Waals surface area contributed by atoms with Crippen molar-refractivity contribution < 1.29 is 23.6 Å². The molecule has 0 bridgehead atoms. The molecule has 1 atom stereocenters. The van der Waals surface area contributed by atoms with Gasteiger partial charge in [-0.3, -0.25) is 19.7 Å². The number of hydrogen-bond donors (Lipinski definition) is 0. The first kappa shape index (κ1) is 18.6. The van der Waals surface area contributed by atoms with E-state index in [-0.39, 0.29) is 17.0 Å². The molecule has 0 aliphatic carbocycles. The lowest BCUT2D eigenvalue weighted by molar-refractivity contribution is -0.387. The Balaban J connectivity index is 1.93. The molecule has 0 saturated heterocycles. The number of thioether (sulfide) groups is 1. The van der Waals surface area contributed by atoms with Crippen molar-refractivity contribution in [3.8, 4) is 0 Å². The van der Waals surface area contributed by atoms with E-state index >= 15 is 0 Å². The minimum absolute atomic E-state index is 0.101. The summed E-state index contributed by atoms with van der Waals surface area (Å²) in [6.07, 6.45) is -1.04. The van der Waals surface area contributed by atoms with Crippen LogP contribution >= 0.6 is 11.8 Å². The van der Waals surface area contributed by atoms with Crippen LogP contribution in [0.15, 0.2) is 53.4 Å². The smallest absolute Gasteiger partial charge is 0.316 e. The van der Waals surface area contributed by atoms with Gasteiger partial charge in [-0.05, 0) is 37.3 Å². The van der Waals surface area contributed by atoms with Gasteiger partial charge in [-0.1, -0.05) is 12.1 Å². The molecule has 130 valence electrons. The van der Waals surface area contributed by atoms with Crippen LogP contribution in [0.1, 0.15) is 17.3 Å². The van der Waals surface area contributed by atoms with E-state index < -0.39 is 28.6 Å². The first-order chi connectivity index (χ1) is 11.9. The zero-order valence-corrected chi connectivity index (χ0v) is 14.0. The number of carbonyl (C=O) groups is 2. The van der Waals surface area contributed by atoms with E-state index in [0.29, 0.717) is 4.90 Å². The topological polar surface area (TPSA) is 86.5 Å². The predicted molar refractivity (Wildman–Crippen MR) is 90.1 cm³/mol. The molecule has 0 amide bonds. The van der Waals surface area contributed by atoms with E-state index in [0.717, 1.165) is 23.9 Å². The van der Waals surface area contributed by atoms with Gasteiger partial charge in [0, 0.05) is 11.6 Å². The maximum atomic E-state index is 12.9. The Morgan fingerprint density at radius 3 is 2.48 bits per heavy atom. The van der Waals surface area contributed by atoms with Crippen LogP contribution in [-0.2, 0) is 9.53 Å². The minimum Gasteiger partial charge on any atom is -0.454 e. The number of ketones is 1. The van der Waals surface area contributed by atoms with E-state index in [1.54, 1.807) is 6.07 Å². The van der Waals surface area contributed by atoms with Gasteiger partial charge in [0.25, 0.3) is 5.69 Å². The van der Waals surface area contributed by atoms with E-state index in [9.17, 15) is 24.1 Å². The van der Waals surface area contributed by atoms with Crippen molar-refractivity contribution >= 4 is 29.2 Å². The quantitative estimate of drug-likeness (QED) is 0.245. The molecule has 0 N–H and O–H groups in total. The van der Waals surface area contributed by atoms with Gasteiger partial charge in [0.05, 0.1) is 15.6 Å². The van der Waals surface area contributed by atoms with Gasteiger partial charge in [-0.25, -0.2) is 4.39 Å². The summed E-state index contributed by atoms with van der Waals surface area (Å²) in [5.41, 5.74) is 0.129. The number of para-hydroxylation sites is 1. The van der Waals surface area contributed by atoms with Crippen molar-refractivity contribution in [1.82, 2.24) is 0 Å². The summed E-state index contributed by atoms with van der Waals surface area (Å²) in [7, 11) is 0. The molecule has 6 nitrogen and oxygen atoms in total. The summed E-state index contributed by atoms with van der Waals surface area (Å²) in [5, 5.41) is 10.9. The highest BCUT2D eigenvalue weighted by Crippen LogP contribution is 2.28. The number of ether oxygens (including phenoxy) is 1. The van der Waals surface area contributed by atoms with Gasteiger partial charge in [0.15, 0.2) is 6.10 Å². The van der Waals surface area contributed by atoms with Crippen LogP contribution in [0.2, 0.25) is 0 Å². The van der Waals surface area contributed by atoms with Crippen molar-refractivity contribution in [2.75, 3.05) is 5.75 Å². The Bertz CT molecular complexity index is 794. The highest BCUT2D eigenvalue weighted by molar-refractivity contribution is 8.00. The molecule has 0 aromatic heterocycles. The molecular weight excluding hydrogens is 349 g/mol. The Morgan fingerprint density at radius 2 is 1.84 bits per heavy atom. The Morgan fingerprint density at radius 1 is 1.20 bits per heavy atom. The average Bonchev–Trinajstić information content (AvgIpc) is 2.60. The fourth-order valence-corrected chi connectivity index (χ4v) is 2.81. The Kier molecular flexibility index (Phi) is 6.24. The number of nitro groups is 1. The summed E-state index contributed by atoms with van der Waals surface area (Å²) in [6, 6.07) is 10.9. The number of hydrogen-bond acceptors (Lipinski definition) is 6. The van der Waals surface area contributed by atoms with Gasteiger partial charge in [0.1, 0.15) is 5.82 Å². The fraction of sp³-hybridized carbons (Fsp3) is 0.176. The highest BCUT2D eigenvalue weighted by Gasteiger charge is 2.21. The second kappa shape index (κ2) is 8.39. The van der Waals surface area contributed by atoms with Gasteiger partial charge < -0.3 is 4.74 Å². The van der Waals surface area contributed by atoms with Crippen LogP contribution in [0.25, 0.3) is 0 Å². The summed E-state index contributed by atoms with van der Waals surface area (Å²) >= 11 is 0.958. The van der Waals surface area contributed by atoms with Crippen LogP contribution in [-0.4, -0.2) is 28.5 Å². The second-order valence-corrected chi connectivity index (χ2v) is 6.03. The first-order valence-electron chi connectivity index (χ1n) is 7.24. The third-order valence-electron chi connectivity index (χ3n) is 3.21. The molecule has 0 heterocycles. The first-order valence-corrected chi connectivity index (χ1v) is 8.22. The molecule has 0 radical (unpaired) electrons. The molecule has 0 fully saturated rings. The number of halogens is 1. The van der Waals surface area contributed by atoms with Crippen molar-refractivity contribution in [2.24, 2.45) is 0 Å². The van der Waals surface area contributed by atoms with Crippen molar-refractivity contribution in [2.45, 2.75) is 17.9 Å². The van der Waals surface area contributed by atoms with Crippen LogP contribution < -0.4 is 0 Å². The number of benzene rings is 2. The van der Waals surface area contributed by atoms with E-state index in [2.05, 4.69) is 0 Å². The highest BCUT2D eigenvalue weighted by atomic mass is 32.2. The van der Waals surface area contributed by atoms with Gasteiger partial charge in [0.2, 0.25) is 5.78 Å². The molecule has 8 heteroatoms. The zero-order chi connectivity index (χ0) is 18.4. The number of Topliss-reactive ketones (excluding diaryl/α,β-unsaturated/α-hetero) is 1. The van der Waals surface area contributed by atoms with Crippen LogP contribution in [0.3, 0.4) is 0 Å². The SMILES string of the molecule is C[C@@H](OC(=O)CSc1ccccc1[N+](=O)[O-])C(=O)c1ccc(F)cc1. The average molecular weight is 363 g/mol. The molecular formula is C17H14FNO5S. The zero-order valence-electron chi connectivity index (χ0n) is 13.2. The van der Waals surface area contributed by atoms with E-state index in [1.807, 2.05) is 0 Å². The maximum absolute atomic E-state index is 12.9. The molecule has 25 heavy (non-hydrogen) atoms. The lowest BCUT2D eigenvalue weighted by Gasteiger charge is -2.12. The number of esters is 1. The van der Waals surface area contributed by atoms with Crippen LogP contribution in [0, 0.1) is 15.9 Å². The second-order valence-electron chi connectivity index (χ2n) is 5.02. The van der Waals surface area contributed by atoms with Crippen LogP contribution in [0.4, 0.5) is 10.1 Å². The predicted octanol–water partition coefficient (Wildman–Crippen LogP) is 3.64. The van der Waals surface area contributed by atoms with Crippen molar-refractivity contribution in [3.05, 3.63) is 70.0 Å². The molecule has 0 saturated carbocycles. The van der Waals surface area contributed by atoms with Gasteiger partial charge in [-0.15, -0.1) is 11.8 Å². The van der Waals surface area contributed by atoms with Crippen molar-refractivity contribution in [1.29, 1.82) is 0 Å². The third kappa shape index (κ3) is 5.12. The largest absolute Gasteiger partial charge is 0.454 e. The number of rotatable bonds is 7. The summed E-state index contributed by atoms with van der Waals surface area (Å²) in [4.78, 5) is 34.7. The minimum atomic E-state index is -1.04. The van der Waals surface area contributed by atoms with E-state index in [4.69, 9.17) is 4.74 Å². The lowest BCUT2D eigenvalue weighted by atomic mass is 10.1. The summed E-state index contributed by atoms with van der Waals surface area (Å²) in [5.74, 6) is -1.77. The standard InChI is InChI=1S/C17H14FNO5S/c1-11(17(21)12-6-8-13(18)9-7-12)24-16(20)10-25-15-5-3-2-4-14(15)19(22)23/h2-9,11H,10H2,1H3/t11-/m1/s1. The summed E-state index contributed by atoms with van der Waals surface area (Å²) < 4.78 is 17.9. The fourth-order valence-electron chi connectivity index (χ4n) is 2.00. The molecule has 0 aliphatic rings. The van der Waals surface area contributed by atoms with E-state index in [1.165, 1.54) is 37.3 Å². The number of nitrogens with zero attached hydrogens (tertiary/aromatic N) is 1. The Labute approximate surface area is 147 Å². The number of carbonyl (C=O) groups excluding carboxylic acids is 2. The van der Waals surface area contributed by atoms with Gasteiger partial charge in [-0.2, -0.15) is 0 Å². The third-order valence-corrected chi connectivity index (χ3v) is 4.25. The molecule has 0 spiro atoms. The van der Waals surface area contributed by atoms with Crippen molar-refractivity contribution in [3.63, 3.8) is 0 Å². The Hall–Kier alpha value is -2.74. The molecule has 2 aromatic rings. The molecule has 2 rings (SSSR count). The monoisotopic (exact) mass is 363 g/mol. The molecule has 0 aliphatic heterocycles. The van der Waals surface area contributed by atoms with Gasteiger partial charge >= 0.3 is 5.97 Å².